The van der Waals surface area contributed by atoms with Gasteiger partial charge in [0.25, 0.3) is 0 Å². The second-order valence-electron chi connectivity index (χ2n) is 4.12. The van der Waals surface area contributed by atoms with E-state index in [2.05, 4.69) is 0 Å². The minimum atomic E-state index is 0.0836. The largest absolute Gasteiger partial charge is 0.497 e. The summed E-state index contributed by atoms with van der Waals surface area (Å²) in [5.41, 5.74) is 1.02. The number of hydrogen-bond donors (Lipinski definition) is 0. The molecule has 0 aliphatic carbocycles. The minimum Gasteiger partial charge on any atom is -0.497 e. The summed E-state index contributed by atoms with van der Waals surface area (Å²) >= 11 is 0. The zero-order valence-corrected chi connectivity index (χ0v) is 10.7. The second kappa shape index (κ2) is 7.07. The first-order valence-electron chi connectivity index (χ1n) is 5.90. The van der Waals surface area contributed by atoms with E-state index in [4.69, 9.17) is 9.47 Å². The number of Topliss-reactive ketones (excluding diaryl/α,β-unsaturated/α-hetero) is 1. The molecule has 1 rings (SSSR count). The van der Waals surface area contributed by atoms with Gasteiger partial charge in [0.2, 0.25) is 0 Å². The van der Waals surface area contributed by atoms with Gasteiger partial charge in [0.1, 0.15) is 12.4 Å². The van der Waals surface area contributed by atoms with Crippen LogP contribution in [-0.2, 0) is 16.1 Å². The lowest BCUT2D eigenvalue weighted by Crippen LogP contribution is -2.16. The van der Waals surface area contributed by atoms with Crippen molar-refractivity contribution in [3.63, 3.8) is 0 Å². The number of carbonyl (C=O) groups excluding carboxylic acids is 1. The highest BCUT2D eigenvalue weighted by Gasteiger charge is 2.10. The molecular formula is C14H20O3. The number of methoxy groups -OCH3 is 1. The quantitative estimate of drug-likeness (QED) is 0.730. The molecular weight excluding hydrogens is 216 g/mol. The average molecular weight is 236 g/mol. The molecule has 94 valence electrons. The maximum absolute atomic E-state index is 11.5. The van der Waals surface area contributed by atoms with Crippen molar-refractivity contribution in [2.24, 2.45) is 5.92 Å². The minimum absolute atomic E-state index is 0.0836. The number of ether oxygens (including phenoxy) is 2. The third-order valence-corrected chi connectivity index (χ3v) is 2.81. The molecule has 0 aliphatic heterocycles. The van der Waals surface area contributed by atoms with Gasteiger partial charge in [0.15, 0.2) is 5.78 Å². The van der Waals surface area contributed by atoms with E-state index in [0.29, 0.717) is 6.61 Å². The fourth-order valence-electron chi connectivity index (χ4n) is 1.40. The zero-order valence-electron chi connectivity index (χ0n) is 10.7. The number of rotatable bonds is 7. The lowest BCUT2D eigenvalue weighted by atomic mass is 10.1. The van der Waals surface area contributed by atoms with Gasteiger partial charge in [0, 0.05) is 5.92 Å². The Morgan fingerprint density at radius 2 is 2.18 bits per heavy atom. The first-order chi connectivity index (χ1) is 8.17. The van der Waals surface area contributed by atoms with Crippen molar-refractivity contribution < 1.29 is 14.3 Å². The molecule has 0 saturated heterocycles. The van der Waals surface area contributed by atoms with Gasteiger partial charge in [-0.15, -0.1) is 0 Å². The van der Waals surface area contributed by atoms with Gasteiger partial charge in [-0.1, -0.05) is 26.0 Å². The van der Waals surface area contributed by atoms with Crippen molar-refractivity contribution in [1.29, 1.82) is 0 Å². The molecule has 1 aromatic rings. The Morgan fingerprint density at radius 3 is 2.82 bits per heavy atom. The lowest BCUT2D eigenvalue weighted by molar-refractivity contribution is -0.127. The van der Waals surface area contributed by atoms with E-state index >= 15 is 0 Å². The molecule has 0 spiro atoms. The van der Waals surface area contributed by atoms with E-state index in [0.717, 1.165) is 17.7 Å². The number of ketones is 1. The van der Waals surface area contributed by atoms with Crippen LogP contribution in [0.2, 0.25) is 0 Å². The summed E-state index contributed by atoms with van der Waals surface area (Å²) in [4.78, 5) is 11.5. The maximum Gasteiger partial charge on any atom is 0.161 e. The summed E-state index contributed by atoms with van der Waals surface area (Å²) in [6, 6.07) is 7.66. The SMILES string of the molecule is CCC(C)C(=O)COCc1cccc(OC)c1. The van der Waals surface area contributed by atoms with Crippen LogP contribution in [0.4, 0.5) is 0 Å². The topological polar surface area (TPSA) is 35.5 Å². The molecule has 0 aromatic heterocycles. The van der Waals surface area contributed by atoms with Crippen LogP contribution in [-0.4, -0.2) is 19.5 Å². The van der Waals surface area contributed by atoms with Crippen LogP contribution in [0.5, 0.6) is 5.75 Å². The molecule has 17 heavy (non-hydrogen) atoms. The molecule has 0 heterocycles. The lowest BCUT2D eigenvalue weighted by Gasteiger charge is -2.08. The molecule has 1 atom stereocenters. The molecule has 1 aromatic carbocycles. The second-order valence-corrected chi connectivity index (χ2v) is 4.12. The Hall–Kier alpha value is -1.35. The van der Waals surface area contributed by atoms with Gasteiger partial charge < -0.3 is 9.47 Å². The van der Waals surface area contributed by atoms with E-state index in [1.165, 1.54) is 0 Å². The van der Waals surface area contributed by atoms with E-state index in [9.17, 15) is 4.79 Å². The fraction of sp³-hybridized carbons (Fsp3) is 0.500. The molecule has 0 fully saturated rings. The van der Waals surface area contributed by atoms with Gasteiger partial charge in [-0.3, -0.25) is 4.79 Å². The molecule has 0 bridgehead atoms. The van der Waals surface area contributed by atoms with E-state index < -0.39 is 0 Å². The molecule has 3 heteroatoms. The number of hydrogen-bond acceptors (Lipinski definition) is 3. The van der Waals surface area contributed by atoms with Crippen LogP contribution in [0.1, 0.15) is 25.8 Å². The zero-order chi connectivity index (χ0) is 12.7. The van der Waals surface area contributed by atoms with E-state index in [1.807, 2.05) is 38.1 Å². The predicted molar refractivity (Wildman–Crippen MR) is 67.1 cm³/mol. The average Bonchev–Trinajstić information content (AvgIpc) is 2.37. The van der Waals surface area contributed by atoms with Gasteiger partial charge in [-0.2, -0.15) is 0 Å². The Kier molecular flexibility index (Phi) is 5.70. The van der Waals surface area contributed by atoms with Crippen molar-refractivity contribution in [1.82, 2.24) is 0 Å². The Morgan fingerprint density at radius 1 is 1.41 bits per heavy atom. The molecule has 3 nitrogen and oxygen atoms in total. The smallest absolute Gasteiger partial charge is 0.161 e. The van der Waals surface area contributed by atoms with E-state index in [-0.39, 0.29) is 18.3 Å². The van der Waals surface area contributed by atoms with Crippen molar-refractivity contribution in [2.75, 3.05) is 13.7 Å². The van der Waals surface area contributed by atoms with Crippen LogP contribution in [0, 0.1) is 5.92 Å². The van der Waals surface area contributed by atoms with Crippen LogP contribution in [0.3, 0.4) is 0 Å². The molecule has 0 radical (unpaired) electrons. The van der Waals surface area contributed by atoms with Crippen LogP contribution >= 0.6 is 0 Å². The van der Waals surface area contributed by atoms with Gasteiger partial charge in [0.05, 0.1) is 13.7 Å². The molecule has 0 aliphatic rings. The van der Waals surface area contributed by atoms with Crippen molar-refractivity contribution in [2.45, 2.75) is 26.9 Å². The van der Waals surface area contributed by atoms with Crippen molar-refractivity contribution in [3.8, 4) is 5.75 Å². The van der Waals surface area contributed by atoms with Crippen LogP contribution in [0.15, 0.2) is 24.3 Å². The van der Waals surface area contributed by atoms with Gasteiger partial charge >= 0.3 is 0 Å². The Labute approximate surface area is 103 Å². The van der Waals surface area contributed by atoms with Gasteiger partial charge in [-0.25, -0.2) is 0 Å². The molecule has 1 unspecified atom stereocenters. The first kappa shape index (κ1) is 13.7. The fourth-order valence-corrected chi connectivity index (χ4v) is 1.40. The highest BCUT2D eigenvalue weighted by molar-refractivity contribution is 5.81. The van der Waals surface area contributed by atoms with Crippen molar-refractivity contribution in [3.05, 3.63) is 29.8 Å². The first-order valence-corrected chi connectivity index (χ1v) is 5.90. The number of carbonyl (C=O) groups is 1. The third kappa shape index (κ3) is 4.57. The summed E-state index contributed by atoms with van der Waals surface area (Å²) in [7, 11) is 1.63. The summed E-state index contributed by atoms with van der Waals surface area (Å²) in [5.74, 6) is 1.05. The maximum atomic E-state index is 11.5. The molecule has 0 saturated carbocycles. The Balaban J connectivity index is 2.37. The third-order valence-electron chi connectivity index (χ3n) is 2.81. The summed E-state index contributed by atoms with van der Waals surface area (Å²) in [6.45, 7) is 4.56. The highest BCUT2D eigenvalue weighted by atomic mass is 16.5. The van der Waals surface area contributed by atoms with Gasteiger partial charge in [-0.05, 0) is 24.1 Å². The van der Waals surface area contributed by atoms with Crippen LogP contribution in [0.25, 0.3) is 0 Å². The number of benzene rings is 1. The normalized spacial score (nSPS) is 12.2. The molecule has 0 amide bonds. The monoisotopic (exact) mass is 236 g/mol. The highest BCUT2D eigenvalue weighted by Crippen LogP contribution is 2.13. The van der Waals surface area contributed by atoms with Crippen LogP contribution < -0.4 is 4.74 Å². The Bertz CT molecular complexity index is 360. The summed E-state index contributed by atoms with van der Waals surface area (Å²) < 4.78 is 10.5. The summed E-state index contributed by atoms with van der Waals surface area (Å²) in [6.07, 6.45) is 0.862. The predicted octanol–water partition coefficient (Wildman–Crippen LogP) is 2.83. The summed E-state index contributed by atoms with van der Waals surface area (Å²) in [5, 5.41) is 0. The van der Waals surface area contributed by atoms with Crippen molar-refractivity contribution >= 4 is 5.78 Å². The molecule has 0 N–H and O–H groups in total. The van der Waals surface area contributed by atoms with E-state index in [1.54, 1.807) is 7.11 Å². The standard InChI is InChI=1S/C14H20O3/c1-4-11(2)14(15)10-17-9-12-6-5-7-13(8-12)16-3/h5-8,11H,4,9-10H2,1-3H3.